The van der Waals surface area contributed by atoms with Crippen LogP contribution in [-0.4, -0.2) is 21.6 Å². The molecule has 0 amide bonds. The minimum absolute atomic E-state index is 0.0168. The van der Waals surface area contributed by atoms with Crippen molar-refractivity contribution in [3.63, 3.8) is 0 Å². The number of fused-ring (bicyclic) bond motifs is 5. The van der Waals surface area contributed by atoms with Crippen LogP contribution in [0.15, 0.2) is 35.1 Å². The van der Waals surface area contributed by atoms with Crippen molar-refractivity contribution in [3.05, 3.63) is 68.1 Å². The maximum absolute atomic E-state index is 13.6. The molecule has 4 heterocycles. The van der Waals surface area contributed by atoms with Crippen LogP contribution in [0.3, 0.4) is 0 Å². The van der Waals surface area contributed by atoms with Crippen molar-refractivity contribution in [2.45, 2.75) is 71.3 Å². The number of esters is 2. The van der Waals surface area contributed by atoms with Gasteiger partial charge in [-0.15, -0.1) is 0 Å². The largest absolute Gasteiger partial charge is 0.618 e. The number of aromatic nitrogens is 2. The number of aliphatic hydroxyl groups is 1. The number of pyridine rings is 2. The molecule has 0 saturated carbocycles. The maximum atomic E-state index is 13.6. The van der Waals surface area contributed by atoms with E-state index in [1.165, 1.54) is 4.57 Å². The van der Waals surface area contributed by atoms with E-state index in [0.717, 1.165) is 24.0 Å². The Kier molecular flexibility index (Phi) is 6.04. The number of carbonyl (C=O) groups is 2. The van der Waals surface area contributed by atoms with E-state index >= 15 is 0 Å². The maximum Gasteiger partial charge on any atom is 0.343 e. The van der Waals surface area contributed by atoms with Gasteiger partial charge in [-0.1, -0.05) is 38.8 Å². The van der Waals surface area contributed by atoms with Crippen LogP contribution in [0.5, 0.6) is 0 Å². The Morgan fingerprint density at radius 3 is 2.75 bits per heavy atom. The zero-order valence-electron chi connectivity index (χ0n) is 20.3. The van der Waals surface area contributed by atoms with Crippen LogP contribution in [0, 0.1) is 5.21 Å². The molecule has 2 aliphatic heterocycles. The first kappa shape index (κ1) is 24.0. The van der Waals surface area contributed by atoms with Crippen LogP contribution in [0.1, 0.15) is 68.2 Å². The van der Waals surface area contributed by atoms with Gasteiger partial charge in [0, 0.05) is 23.6 Å². The number of hydrogen-bond acceptors (Lipinski definition) is 7. The monoisotopic (exact) mass is 492 g/mol. The zero-order valence-corrected chi connectivity index (χ0v) is 20.3. The number of ether oxygens (including phenoxy) is 2. The van der Waals surface area contributed by atoms with Crippen LogP contribution < -0.4 is 10.3 Å². The molecule has 0 saturated heterocycles. The summed E-state index contributed by atoms with van der Waals surface area (Å²) in [6, 6.07) is 8.57. The standard InChI is InChI=1S/C27H28N2O7/c1-3-5-6-11-23(30)35-14-18-16-9-7-8-10-21(16)29(34)24-17(18)13-28-22(24)12-20-19(25(28)31)15-36-26(32)27(20,33)4-2/h7-10,12,33H,3-6,11,13-15H2,1-2H3/t27-/m0/s1. The second kappa shape index (κ2) is 9.05. The van der Waals surface area contributed by atoms with Gasteiger partial charge in [-0.05, 0) is 25.0 Å². The van der Waals surface area contributed by atoms with Gasteiger partial charge in [0.1, 0.15) is 18.9 Å². The third-order valence-electron chi connectivity index (χ3n) is 7.26. The number of carbonyl (C=O) groups excluding carboxylic acids is 2. The summed E-state index contributed by atoms with van der Waals surface area (Å²) in [6.07, 6.45) is 3.01. The van der Waals surface area contributed by atoms with Gasteiger partial charge in [0.15, 0.2) is 5.60 Å². The lowest BCUT2D eigenvalue weighted by molar-refractivity contribution is -0.565. The van der Waals surface area contributed by atoms with E-state index in [4.69, 9.17) is 9.47 Å². The molecule has 0 unspecified atom stereocenters. The second-order valence-electron chi connectivity index (χ2n) is 9.34. The summed E-state index contributed by atoms with van der Waals surface area (Å²) in [6.45, 7) is 3.52. The van der Waals surface area contributed by atoms with E-state index in [1.807, 2.05) is 0 Å². The number of rotatable bonds is 7. The molecule has 1 atom stereocenters. The number of cyclic esters (lactones) is 1. The van der Waals surface area contributed by atoms with Crippen LogP contribution in [0.2, 0.25) is 0 Å². The van der Waals surface area contributed by atoms with E-state index in [9.17, 15) is 24.7 Å². The molecule has 9 nitrogen and oxygen atoms in total. The summed E-state index contributed by atoms with van der Waals surface area (Å²) >= 11 is 0. The summed E-state index contributed by atoms with van der Waals surface area (Å²) < 4.78 is 12.9. The van der Waals surface area contributed by atoms with Gasteiger partial charge >= 0.3 is 11.9 Å². The van der Waals surface area contributed by atoms with Crippen molar-refractivity contribution < 1.29 is 28.9 Å². The smallest absolute Gasteiger partial charge is 0.343 e. The predicted molar refractivity (Wildman–Crippen MR) is 130 cm³/mol. The number of para-hydroxylation sites is 1. The Morgan fingerprint density at radius 2 is 2.00 bits per heavy atom. The van der Waals surface area contributed by atoms with Gasteiger partial charge in [0.05, 0.1) is 23.1 Å². The Hall–Kier alpha value is -3.72. The summed E-state index contributed by atoms with van der Waals surface area (Å²) in [7, 11) is 0. The van der Waals surface area contributed by atoms with Crippen molar-refractivity contribution in [2.75, 3.05) is 0 Å². The molecule has 5 rings (SSSR count). The molecule has 36 heavy (non-hydrogen) atoms. The average Bonchev–Trinajstić information content (AvgIpc) is 3.27. The van der Waals surface area contributed by atoms with Crippen molar-refractivity contribution in [1.82, 2.24) is 4.57 Å². The Morgan fingerprint density at radius 1 is 1.22 bits per heavy atom. The number of hydrogen-bond donors (Lipinski definition) is 1. The molecule has 1 aromatic carbocycles. The Bertz CT molecular complexity index is 1460. The first-order valence-corrected chi connectivity index (χ1v) is 12.3. The minimum Gasteiger partial charge on any atom is -0.618 e. The molecule has 0 spiro atoms. The second-order valence-corrected chi connectivity index (χ2v) is 9.34. The molecule has 2 aliphatic rings. The molecule has 0 fully saturated rings. The average molecular weight is 493 g/mol. The van der Waals surface area contributed by atoms with Crippen LogP contribution in [0.4, 0.5) is 0 Å². The molecule has 188 valence electrons. The summed E-state index contributed by atoms with van der Waals surface area (Å²) in [5.41, 5.74) is 0.152. The van der Waals surface area contributed by atoms with Crippen molar-refractivity contribution in [3.8, 4) is 11.4 Å². The van der Waals surface area contributed by atoms with Gasteiger partial charge in [0.2, 0.25) is 11.2 Å². The molecule has 1 N–H and O–H groups in total. The van der Waals surface area contributed by atoms with E-state index in [0.29, 0.717) is 34.1 Å². The van der Waals surface area contributed by atoms with Gasteiger partial charge in [-0.3, -0.25) is 14.2 Å². The fourth-order valence-corrected chi connectivity index (χ4v) is 5.20. The van der Waals surface area contributed by atoms with Gasteiger partial charge in [-0.2, -0.15) is 4.73 Å². The minimum atomic E-state index is -1.97. The van der Waals surface area contributed by atoms with Gasteiger partial charge < -0.3 is 19.8 Å². The van der Waals surface area contributed by atoms with E-state index in [1.54, 1.807) is 37.3 Å². The van der Waals surface area contributed by atoms with Crippen LogP contribution in [0.25, 0.3) is 22.3 Å². The van der Waals surface area contributed by atoms with Crippen molar-refractivity contribution in [2.24, 2.45) is 0 Å². The molecule has 2 aromatic heterocycles. The first-order chi connectivity index (χ1) is 17.3. The van der Waals surface area contributed by atoms with E-state index < -0.39 is 17.1 Å². The molecule has 9 heteroatoms. The lowest BCUT2D eigenvalue weighted by Gasteiger charge is -2.31. The highest BCUT2D eigenvalue weighted by Crippen LogP contribution is 2.39. The normalized spacial score (nSPS) is 17.9. The highest BCUT2D eigenvalue weighted by Gasteiger charge is 2.46. The number of nitrogens with zero attached hydrogens (tertiary/aromatic N) is 2. The lowest BCUT2D eigenvalue weighted by atomic mass is 9.86. The first-order valence-electron chi connectivity index (χ1n) is 12.3. The van der Waals surface area contributed by atoms with Crippen LogP contribution in [-0.2, 0) is 44.4 Å². The summed E-state index contributed by atoms with van der Waals surface area (Å²) in [5.74, 6) is -1.13. The number of unbranched alkanes of at least 4 members (excludes halogenated alkanes) is 2. The molecule has 3 aromatic rings. The van der Waals surface area contributed by atoms with E-state index in [2.05, 4.69) is 6.92 Å². The molecule has 0 radical (unpaired) electrons. The Balaban J connectivity index is 1.66. The third-order valence-corrected chi connectivity index (χ3v) is 7.26. The fraction of sp³-hybridized carbons (Fsp3) is 0.407. The highest BCUT2D eigenvalue weighted by molar-refractivity contribution is 5.86. The van der Waals surface area contributed by atoms with E-state index in [-0.39, 0.29) is 49.0 Å². The number of benzene rings is 1. The quantitative estimate of drug-likeness (QED) is 0.182. The van der Waals surface area contributed by atoms with Crippen LogP contribution >= 0.6 is 0 Å². The molecule has 0 bridgehead atoms. The topological polar surface area (TPSA) is 122 Å². The summed E-state index contributed by atoms with van der Waals surface area (Å²) in [4.78, 5) is 38.2. The molecular formula is C27H28N2O7. The molecular weight excluding hydrogens is 464 g/mol. The molecule has 0 aliphatic carbocycles. The van der Waals surface area contributed by atoms with Crippen molar-refractivity contribution >= 4 is 22.8 Å². The van der Waals surface area contributed by atoms with Crippen molar-refractivity contribution in [1.29, 1.82) is 0 Å². The SMILES string of the molecule is CCCCCC(=O)OCc1c2c([n+]([O-])c3ccccc13)-c1cc3c(c(=O)n1C2)COC(=O)[C@]3(O)CC. The fourth-order valence-electron chi connectivity index (χ4n) is 5.20. The summed E-state index contributed by atoms with van der Waals surface area (Å²) in [5, 5.41) is 25.3. The lowest BCUT2D eigenvalue weighted by Crippen LogP contribution is -2.44. The zero-order chi connectivity index (χ0) is 25.6. The third kappa shape index (κ3) is 3.57. The predicted octanol–water partition coefficient (Wildman–Crippen LogP) is 2.94. The van der Waals surface area contributed by atoms with Gasteiger partial charge in [0.25, 0.3) is 5.56 Å². The van der Waals surface area contributed by atoms with Gasteiger partial charge in [-0.25, -0.2) is 4.79 Å². The Labute approximate surface area is 207 Å². The highest BCUT2D eigenvalue weighted by atomic mass is 16.6.